The molecule has 1 saturated heterocycles. The van der Waals surface area contributed by atoms with Gasteiger partial charge in [-0.05, 0) is 47.5 Å². The SMILES string of the molecule is CCN(C(=O)COc1ccc(F)cc1Br)C1CCS(=O)(=O)C1. The molecule has 1 aromatic rings. The van der Waals surface area contributed by atoms with Gasteiger partial charge < -0.3 is 9.64 Å². The molecule has 0 spiro atoms. The van der Waals surface area contributed by atoms with E-state index < -0.39 is 15.7 Å². The molecule has 122 valence electrons. The zero-order valence-electron chi connectivity index (χ0n) is 12.1. The highest BCUT2D eigenvalue weighted by molar-refractivity contribution is 9.10. The van der Waals surface area contributed by atoms with Crippen LogP contribution in [0.5, 0.6) is 5.75 Å². The predicted molar refractivity (Wildman–Crippen MR) is 84.0 cm³/mol. The van der Waals surface area contributed by atoms with Gasteiger partial charge in [-0.15, -0.1) is 0 Å². The molecule has 0 saturated carbocycles. The summed E-state index contributed by atoms with van der Waals surface area (Å²) in [7, 11) is -3.05. The summed E-state index contributed by atoms with van der Waals surface area (Å²) in [6.07, 6.45) is 0.460. The van der Waals surface area contributed by atoms with Crippen LogP contribution in [-0.4, -0.2) is 49.9 Å². The molecule has 1 unspecified atom stereocenters. The molecule has 1 amide bonds. The van der Waals surface area contributed by atoms with Gasteiger partial charge >= 0.3 is 0 Å². The molecule has 0 bridgehead atoms. The number of benzene rings is 1. The maximum absolute atomic E-state index is 13.0. The Morgan fingerprint density at radius 3 is 2.77 bits per heavy atom. The summed E-state index contributed by atoms with van der Waals surface area (Å²) >= 11 is 3.16. The molecule has 1 aromatic carbocycles. The molecule has 8 heteroatoms. The topological polar surface area (TPSA) is 63.7 Å². The molecule has 22 heavy (non-hydrogen) atoms. The van der Waals surface area contributed by atoms with E-state index in [0.29, 0.717) is 23.2 Å². The molecule has 1 atom stereocenters. The lowest BCUT2D eigenvalue weighted by Crippen LogP contribution is -2.43. The number of ether oxygens (including phenoxy) is 1. The van der Waals surface area contributed by atoms with Crippen molar-refractivity contribution in [2.75, 3.05) is 24.7 Å². The Morgan fingerprint density at radius 1 is 1.50 bits per heavy atom. The zero-order valence-corrected chi connectivity index (χ0v) is 14.5. The summed E-state index contributed by atoms with van der Waals surface area (Å²) in [5, 5.41) is 0. The molecule has 1 fully saturated rings. The van der Waals surface area contributed by atoms with Crippen molar-refractivity contribution in [1.82, 2.24) is 4.90 Å². The Balaban J connectivity index is 1.98. The normalized spacial score (nSPS) is 19.9. The van der Waals surface area contributed by atoms with Crippen LogP contribution in [0.25, 0.3) is 0 Å². The highest BCUT2D eigenvalue weighted by Gasteiger charge is 2.33. The van der Waals surface area contributed by atoms with Crippen molar-refractivity contribution in [3.05, 3.63) is 28.5 Å². The first-order valence-electron chi connectivity index (χ1n) is 6.90. The zero-order chi connectivity index (χ0) is 16.3. The molecule has 5 nitrogen and oxygen atoms in total. The molecule has 0 aliphatic carbocycles. The minimum Gasteiger partial charge on any atom is -0.483 e. The van der Waals surface area contributed by atoms with Gasteiger partial charge in [0.2, 0.25) is 0 Å². The van der Waals surface area contributed by atoms with Crippen molar-refractivity contribution >= 4 is 31.7 Å². The van der Waals surface area contributed by atoms with E-state index >= 15 is 0 Å². The van der Waals surface area contributed by atoms with Crippen LogP contribution in [0.3, 0.4) is 0 Å². The Morgan fingerprint density at radius 2 is 2.23 bits per heavy atom. The lowest BCUT2D eigenvalue weighted by atomic mass is 10.2. The Kier molecular flexibility index (Phi) is 5.44. The van der Waals surface area contributed by atoms with Gasteiger partial charge in [-0.25, -0.2) is 12.8 Å². The lowest BCUT2D eigenvalue weighted by Gasteiger charge is -2.26. The summed E-state index contributed by atoms with van der Waals surface area (Å²) < 4.78 is 41.9. The van der Waals surface area contributed by atoms with Crippen molar-refractivity contribution < 1.29 is 22.3 Å². The fourth-order valence-electron chi connectivity index (χ4n) is 2.47. The first-order valence-corrected chi connectivity index (χ1v) is 9.51. The molecule has 0 N–H and O–H groups in total. The second-order valence-corrected chi connectivity index (χ2v) is 8.18. The summed E-state index contributed by atoms with van der Waals surface area (Å²) in [6, 6.07) is 3.64. The number of sulfone groups is 1. The molecule has 0 radical (unpaired) electrons. The summed E-state index contributed by atoms with van der Waals surface area (Å²) in [5.74, 6) is -0.193. The fourth-order valence-corrected chi connectivity index (χ4v) is 4.67. The van der Waals surface area contributed by atoms with Crippen LogP contribution >= 0.6 is 15.9 Å². The van der Waals surface area contributed by atoms with Crippen molar-refractivity contribution in [3.8, 4) is 5.75 Å². The third kappa shape index (κ3) is 4.19. The van der Waals surface area contributed by atoms with E-state index in [-0.39, 0.29) is 30.1 Å². The van der Waals surface area contributed by atoms with E-state index in [2.05, 4.69) is 15.9 Å². The third-order valence-electron chi connectivity index (χ3n) is 3.56. The van der Waals surface area contributed by atoms with Gasteiger partial charge in [0, 0.05) is 12.6 Å². The van der Waals surface area contributed by atoms with Gasteiger partial charge in [-0.3, -0.25) is 4.79 Å². The van der Waals surface area contributed by atoms with Gasteiger partial charge in [-0.2, -0.15) is 0 Å². The van der Waals surface area contributed by atoms with Crippen molar-refractivity contribution in [3.63, 3.8) is 0 Å². The maximum atomic E-state index is 13.0. The molecule has 1 aliphatic heterocycles. The quantitative estimate of drug-likeness (QED) is 0.767. The van der Waals surface area contributed by atoms with E-state index in [1.807, 2.05) is 0 Å². The highest BCUT2D eigenvalue weighted by Crippen LogP contribution is 2.25. The van der Waals surface area contributed by atoms with Crippen molar-refractivity contribution in [1.29, 1.82) is 0 Å². The molecule has 1 heterocycles. The average molecular weight is 394 g/mol. The van der Waals surface area contributed by atoms with E-state index in [1.165, 1.54) is 23.1 Å². The van der Waals surface area contributed by atoms with Crippen LogP contribution in [0.1, 0.15) is 13.3 Å². The minimum atomic E-state index is -3.05. The molecule has 0 aromatic heterocycles. The number of carbonyl (C=O) groups is 1. The number of nitrogens with zero attached hydrogens (tertiary/aromatic N) is 1. The number of hydrogen-bond acceptors (Lipinski definition) is 4. The number of rotatable bonds is 5. The van der Waals surface area contributed by atoms with Crippen LogP contribution in [-0.2, 0) is 14.6 Å². The number of amides is 1. The molecular weight excluding hydrogens is 377 g/mol. The average Bonchev–Trinajstić information content (AvgIpc) is 2.78. The van der Waals surface area contributed by atoms with E-state index in [4.69, 9.17) is 4.74 Å². The lowest BCUT2D eigenvalue weighted by molar-refractivity contribution is -0.135. The Bertz CT molecular complexity index is 665. The van der Waals surface area contributed by atoms with Gasteiger partial charge in [0.15, 0.2) is 16.4 Å². The molecular formula is C14H17BrFNO4S. The monoisotopic (exact) mass is 393 g/mol. The number of carbonyl (C=O) groups excluding carboxylic acids is 1. The van der Waals surface area contributed by atoms with Crippen LogP contribution < -0.4 is 4.74 Å². The second kappa shape index (κ2) is 6.95. The largest absolute Gasteiger partial charge is 0.483 e. The number of hydrogen-bond donors (Lipinski definition) is 0. The van der Waals surface area contributed by atoms with Crippen LogP contribution in [0.4, 0.5) is 4.39 Å². The predicted octanol–water partition coefficient (Wildman–Crippen LogP) is 2.00. The van der Waals surface area contributed by atoms with Crippen molar-refractivity contribution in [2.24, 2.45) is 0 Å². The highest BCUT2D eigenvalue weighted by atomic mass is 79.9. The third-order valence-corrected chi connectivity index (χ3v) is 5.93. The summed E-state index contributed by atoms with van der Waals surface area (Å²) in [5.41, 5.74) is 0. The smallest absolute Gasteiger partial charge is 0.260 e. The second-order valence-electron chi connectivity index (χ2n) is 5.10. The first-order chi connectivity index (χ1) is 10.3. The van der Waals surface area contributed by atoms with E-state index in [9.17, 15) is 17.6 Å². The van der Waals surface area contributed by atoms with Gasteiger partial charge in [0.05, 0.1) is 16.0 Å². The van der Waals surface area contributed by atoms with Gasteiger partial charge in [-0.1, -0.05) is 0 Å². The summed E-state index contributed by atoms with van der Waals surface area (Å²) in [4.78, 5) is 13.8. The van der Waals surface area contributed by atoms with Crippen LogP contribution in [0.2, 0.25) is 0 Å². The standard InChI is InChI=1S/C14H17BrFNO4S/c1-2-17(11-5-6-22(19,20)9-11)14(18)8-21-13-4-3-10(16)7-12(13)15/h3-4,7,11H,2,5-6,8-9H2,1H3. The number of halogens is 2. The van der Waals surface area contributed by atoms with E-state index in [0.717, 1.165) is 0 Å². The maximum Gasteiger partial charge on any atom is 0.260 e. The Labute approximate surface area is 137 Å². The van der Waals surface area contributed by atoms with Gasteiger partial charge in [0.25, 0.3) is 5.91 Å². The van der Waals surface area contributed by atoms with Crippen molar-refractivity contribution in [2.45, 2.75) is 19.4 Å². The van der Waals surface area contributed by atoms with E-state index in [1.54, 1.807) is 6.92 Å². The van der Waals surface area contributed by atoms with Crippen LogP contribution in [0, 0.1) is 5.82 Å². The van der Waals surface area contributed by atoms with Crippen LogP contribution in [0.15, 0.2) is 22.7 Å². The fraction of sp³-hybridized carbons (Fsp3) is 0.500. The molecule has 1 aliphatic rings. The Hall–Kier alpha value is -1.15. The minimum absolute atomic E-state index is 0.00677. The van der Waals surface area contributed by atoms with Gasteiger partial charge in [0.1, 0.15) is 11.6 Å². The first kappa shape index (κ1) is 17.2. The summed E-state index contributed by atoms with van der Waals surface area (Å²) in [6.45, 7) is 2.01. The number of likely N-dealkylation sites (N-methyl/N-ethyl adjacent to an activating group) is 1. The molecule has 2 rings (SSSR count).